The number of piperidine rings is 1. The topological polar surface area (TPSA) is 12.5 Å². The third-order valence-corrected chi connectivity index (χ3v) is 3.97. The predicted octanol–water partition coefficient (Wildman–Crippen LogP) is 3.44. The SMILES string of the molecule is CC(C)OCC1(CN2CCC(=C(F)F)CC2)CC1. The second-order valence-electron chi connectivity index (χ2n) is 6.00. The van der Waals surface area contributed by atoms with E-state index in [-0.39, 0.29) is 6.10 Å². The van der Waals surface area contributed by atoms with E-state index in [0.29, 0.717) is 23.8 Å². The van der Waals surface area contributed by atoms with Crippen LogP contribution in [0.1, 0.15) is 39.5 Å². The summed E-state index contributed by atoms with van der Waals surface area (Å²) in [5.41, 5.74) is 0.675. The van der Waals surface area contributed by atoms with Crippen LogP contribution in [0.3, 0.4) is 0 Å². The summed E-state index contributed by atoms with van der Waals surface area (Å²) >= 11 is 0. The molecule has 18 heavy (non-hydrogen) atoms. The van der Waals surface area contributed by atoms with Crippen LogP contribution in [-0.4, -0.2) is 37.2 Å². The minimum atomic E-state index is -1.46. The molecule has 104 valence electrons. The number of rotatable bonds is 5. The zero-order chi connectivity index (χ0) is 13.2. The Morgan fingerprint density at radius 1 is 1.28 bits per heavy atom. The molecule has 0 aromatic rings. The minimum absolute atomic E-state index is 0.277. The Morgan fingerprint density at radius 2 is 1.89 bits per heavy atom. The molecule has 2 rings (SSSR count). The standard InChI is InChI=1S/C14H23F2NO/c1-11(2)18-10-14(5-6-14)9-17-7-3-12(4-8-17)13(15)16/h11H,3-10H2,1-2H3. The first-order chi connectivity index (χ1) is 8.51. The minimum Gasteiger partial charge on any atom is -0.378 e. The number of hydrogen-bond donors (Lipinski definition) is 0. The maximum absolute atomic E-state index is 12.4. The fraction of sp³-hybridized carbons (Fsp3) is 0.857. The van der Waals surface area contributed by atoms with E-state index in [4.69, 9.17) is 4.74 Å². The molecule has 1 heterocycles. The van der Waals surface area contributed by atoms with E-state index in [2.05, 4.69) is 18.7 Å². The second-order valence-corrected chi connectivity index (χ2v) is 6.00. The van der Waals surface area contributed by atoms with Gasteiger partial charge in [0.15, 0.2) is 0 Å². The molecule has 0 radical (unpaired) electrons. The highest BCUT2D eigenvalue weighted by Crippen LogP contribution is 2.47. The molecule has 0 aromatic carbocycles. The van der Waals surface area contributed by atoms with Crippen LogP contribution in [0.15, 0.2) is 11.7 Å². The Morgan fingerprint density at radius 3 is 2.33 bits per heavy atom. The summed E-state index contributed by atoms with van der Waals surface area (Å²) in [4.78, 5) is 2.32. The predicted molar refractivity (Wildman–Crippen MR) is 67.7 cm³/mol. The fourth-order valence-electron chi connectivity index (χ4n) is 2.51. The van der Waals surface area contributed by atoms with Gasteiger partial charge in [-0.1, -0.05) is 0 Å². The van der Waals surface area contributed by atoms with Crippen LogP contribution in [-0.2, 0) is 4.74 Å². The van der Waals surface area contributed by atoms with Crippen LogP contribution < -0.4 is 0 Å². The molecule has 0 unspecified atom stereocenters. The van der Waals surface area contributed by atoms with Crippen molar-refractivity contribution in [2.75, 3.05) is 26.2 Å². The lowest BCUT2D eigenvalue weighted by Crippen LogP contribution is -2.37. The molecule has 4 heteroatoms. The van der Waals surface area contributed by atoms with Crippen molar-refractivity contribution in [2.45, 2.75) is 45.6 Å². The molecule has 0 amide bonds. The lowest BCUT2D eigenvalue weighted by Gasteiger charge is -2.31. The van der Waals surface area contributed by atoms with Gasteiger partial charge in [0.05, 0.1) is 12.7 Å². The highest BCUT2D eigenvalue weighted by atomic mass is 19.3. The number of likely N-dealkylation sites (tertiary alicyclic amines) is 1. The third-order valence-electron chi connectivity index (χ3n) is 3.97. The first kappa shape index (κ1) is 13.9. The van der Waals surface area contributed by atoms with Crippen molar-refractivity contribution in [1.82, 2.24) is 4.90 Å². The summed E-state index contributed by atoms with van der Waals surface area (Å²) in [6.45, 7) is 7.49. The normalized spacial score (nSPS) is 23.5. The molecular formula is C14H23F2NO. The summed E-state index contributed by atoms with van der Waals surface area (Å²) in [6, 6.07) is 0. The zero-order valence-electron chi connectivity index (χ0n) is 11.3. The highest BCUT2D eigenvalue weighted by Gasteiger charge is 2.44. The van der Waals surface area contributed by atoms with Crippen molar-refractivity contribution in [3.8, 4) is 0 Å². The second kappa shape index (κ2) is 5.66. The van der Waals surface area contributed by atoms with Gasteiger partial charge in [-0.2, -0.15) is 8.78 Å². The molecule has 2 nitrogen and oxygen atoms in total. The van der Waals surface area contributed by atoms with Gasteiger partial charge in [0.25, 0.3) is 6.08 Å². The van der Waals surface area contributed by atoms with Crippen molar-refractivity contribution in [3.63, 3.8) is 0 Å². The fourth-order valence-corrected chi connectivity index (χ4v) is 2.51. The number of nitrogens with zero attached hydrogens (tertiary/aromatic N) is 1. The van der Waals surface area contributed by atoms with Crippen molar-refractivity contribution >= 4 is 0 Å². The van der Waals surface area contributed by atoms with E-state index in [1.54, 1.807) is 0 Å². The van der Waals surface area contributed by atoms with Gasteiger partial charge in [0.2, 0.25) is 0 Å². The van der Waals surface area contributed by atoms with Gasteiger partial charge in [-0.3, -0.25) is 0 Å². The van der Waals surface area contributed by atoms with Crippen molar-refractivity contribution in [1.29, 1.82) is 0 Å². The third kappa shape index (κ3) is 3.75. The van der Waals surface area contributed by atoms with Gasteiger partial charge < -0.3 is 9.64 Å². The van der Waals surface area contributed by atoms with Crippen LogP contribution in [0.4, 0.5) is 8.78 Å². The first-order valence-corrected chi connectivity index (χ1v) is 6.88. The van der Waals surface area contributed by atoms with E-state index in [9.17, 15) is 8.78 Å². The van der Waals surface area contributed by atoms with E-state index in [0.717, 1.165) is 26.2 Å². The zero-order valence-corrected chi connectivity index (χ0v) is 11.3. The summed E-state index contributed by atoms with van der Waals surface area (Å²) in [6.07, 6.45) is 2.32. The lowest BCUT2D eigenvalue weighted by molar-refractivity contribution is 0.0299. The molecule has 0 N–H and O–H groups in total. The average Bonchev–Trinajstić information content (AvgIpc) is 3.08. The molecule has 0 atom stereocenters. The Bertz CT molecular complexity index is 310. The number of halogens is 2. The Kier molecular flexibility index (Phi) is 4.38. The first-order valence-electron chi connectivity index (χ1n) is 6.88. The van der Waals surface area contributed by atoms with E-state index >= 15 is 0 Å². The number of hydrogen-bond acceptors (Lipinski definition) is 2. The molecule has 1 saturated carbocycles. The van der Waals surface area contributed by atoms with Gasteiger partial charge in [0, 0.05) is 25.0 Å². The highest BCUT2D eigenvalue weighted by molar-refractivity contribution is 5.07. The van der Waals surface area contributed by atoms with Gasteiger partial charge in [-0.15, -0.1) is 0 Å². The van der Waals surface area contributed by atoms with Gasteiger partial charge in [0.1, 0.15) is 0 Å². The summed E-state index contributed by atoms with van der Waals surface area (Å²) < 4.78 is 30.6. The molecular weight excluding hydrogens is 236 g/mol. The van der Waals surface area contributed by atoms with Gasteiger partial charge >= 0.3 is 0 Å². The van der Waals surface area contributed by atoms with E-state index in [1.807, 2.05) is 0 Å². The van der Waals surface area contributed by atoms with Crippen LogP contribution in [0.25, 0.3) is 0 Å². The lowest BCUT2D eigenvalue weighted by atomic mass is 10.0. The largest absolute Gasteiger partial charge is 0.378 e. The van der Waals surface area contributed by atoms with Crippen LogP contribution in [0.5, 0.6) is 0 Å². The number of ether oxygens (including phenoxy) is 1. The Labute approximate surface area is 108 Å². The van der Waals surface area contributed by atoms with Crippen LogP contribution in [0.2, 0.25) is 0 Å². The van der Waals surface area contributed by atoms with E-state index < -0.39 is 6.08 Å². The average molecular weight is 259 g/mol. The van der Waals surface area contributed by atoms with Gasteiger partial charge in [-0.05, 0) is 45.1 Å². The molecule has 1 aliphatic carbocycles. The molecule has 2 aliphatic rings. The molecule has 0 aromatic heterocycles. The van der Waals surface area contributed by atoms with Crippen molar-refractivity contribution in [3.05, 3.63) is 11.7 Å². The maximum atomic E-state index is 12.4. The Hall–Kier alpha value is -0.480. The van der Waals surface area contributed by atoms with Gasteiger partial charge in [-0.25, -0.2) is 0 Å². The van der Waals surface area contributed by atoms with E-state index in [1.165, 1.54) is 12.8 Å². The smallest absolute Gasteiger partial charge is 0.269 e. The molecule has 0 spiro atoms. The monoisotopic (exact) mass is 259 g/mol. The molecule has 0 bridgehead atoms. The summed E-state index contributed by atoms with van der Waals surface area (Å²) in [5.74, 6) is 0. The van der Waals surface area contributed by atoms with Crippen molar-refractivity contribution in [2.24, 2.45) is 5.41 Å². The molecule has 2 fully saturated rings. The quantitative estimate of drug-likeness (QED) is 0.750. The molecule has 1 saturated heterocycles. The van der Waals surface area contributed by atoms with Crippen LogP contribution in [0, 0.1) is 5.41 Å². The van der Waals surface area contributed by atoms with Crippen molar-refractivity contribution < 1.29 is 13.5 Å². The summed E-state index contributed by atoms with van der Waals surface area (Å²) in [5, 5.41) is 0. The maximum Gasteiger partial charge on any atom is 0.269 e. The summed E-state index contributed by atoms with van der Waals surface area (Å²) in [7, 11) is 0. The van der Waals surface area contributed by atoms with Crippen LogP contribution >= 0.6 is 0 Å². The molecule has 1 aliphatic heterocycles. The Balaban J connectivity index is 1.76.